The van der Waals surface area contributed by atoms with Crippen molar-refractivity contribution in [2.24, 2.45) is 11.8 Å². The molecule has 0 aromatic heterocycles. The molecule has 1 amide bonds. The average Bonchev–Trinajstić information content (AvgIpc) is 2.43. The Labute approximate surface area is 144 Å². The van der Waals surface area contributed by atoms with Crippen LogP contribution in [0.4, 0.5) is 0 Å². The zero-order valence-electron chi connectivity index (χ0n) is 13.5. The van der Waals surface area contributed by atoms with E-state index in [9.17, 15) is 4.79 Å². The van der Waals surface area contributed by atoms with Crippen LogP contribution >= 0.6 is 24.0 Å². The second kappa shape index (κ2) is 8.19. The van der Waals surface area contributed by atoms with Gasteiger partial charge in [0, 0.05) is 10.9 Å². The third kappa shape index (κ3) is 3.95. The number of carbonyl (C=O) groups is 1. The maximum atomic E-state index is 12.6. The molecule has 0 spiro atoms. The zero-order chi connectivity index (χ0) is 15.5. The van der Waals surface area contributed by atoms with Crippen LogP contribution in [0.3, 0.4) is 0 Å². The van der Waals surface area contributed by atoms with Crippen molar-refractivity contribution in [2.45, 2.75) is 39.2 Å². The van der Waals surface area contributed by atoms with Crippen LogP contribution in [0.1, 0.15) is 39.2 Å². The number of amides is 1. The number of halogens is 2. The lowest BCUT2D eigenvalue weighted by Crippen LogP contribution is -2.53. The Bertz CT molecular complexity index is 482. The molecule has 124 valence electrons. The number of hydrogen-bond acceptors (Lipinski definition) is 2. The molecule has 1 heterocycles. The van der Waals surface area contributed by atoms with Crippen LogP contribution in [0.5, 0.6) is 0 Å². The molecule has 2 rings (SSSR count). The van der Waals surface area contributed by atoms with Gasteiger partial charge in [0.05, 0.1) is 5.54 Å². The van der Waals surface area contributed by atoms with Crippen LogP contribution in [0.2, 0.25) is 5.02 Å². The maximum Gasteiger partial charge on any atom is 0.223 e. The molecule has 1 saturated heterocycles. The molecule has 0 saturated carbocycles. The van der Waals surface area contributed by atoms with E-state index in [0.717, 1.165) is 36.5 Å². The minimum atomic E-state index is -0.299. The van der Waals surface area contributed by atoms with Crippen molar-refractivity contribution in [3.05, 3.63) is 34.9 Å². The van der Waals surface area contributed by atoms with Gasteiger partial charge in [-0.05, 0) is 49.5 Å². The molecule has 5 heteroatoms. The fourth-order valence-electron chi connectivity index (χ4n) is 2.90. The van der Waals surface area contributed by atoms with Crippen LogP contribution in [0, 0.1) is 11.8 Å². The number of carbonyl (C=O) groups excluding carboxylic acids is 1. The largest absolute Gasteiger partial charge is 0.346 e. The zero-order valence-corrected chi connectivity index (χ0v) is 15.1. The van der Waals surface area contributed by atoms with Gasteiger partial charge >= 0.3 is 0 Å². The summed E-state index contributed by atoms with van der Waals surface area (Å²) in [6.45, 7) is 8.16. The van der Waals surface area contributed by atoms with Crippen molar-refractivity contribution >= 4 is 29.9 Å². The Morgan fingerprint density at radius 1 is 1.32 bits per heavy atom. The molecular weight excluding hydrogens is 319 g/mol. The molecule has 1 atom stereocenters. The minimum Gasteiger partial charge on any atom is -0.346 e. The lowest BCUT2D eigenvalue weighted by molar-refractivity contribution is -0.129. The summed E-state index contributed by atoms with van der Waals surface area (Å²) in [5.74, 6) is 0.665. The van der Waals surface area contributed by atoms with Crippen molar-refractivity contribution < 1.29 is 4.79 Å². The Hall–Kier alpha value is -0.770. The second-order valence-corrected chi connectivity index (χ2v) is 6.43. The molecule has 0 radical (unpaired) electrons. The first kappa shape index (κ1) is 19.3. The van der Waals surface area contributed by atoms with Gasteiger partial charge in [0.25, 0.3) is 0 Å². The predicted molar refractivity (Wildman–Crippen MR) is 94.6 cm³/mol. The summed E-state index contributed by atoms with van der Waals surface area (Å²) in [6.07, 6.45) is 1.74. The fourth-order valence-corrected chi connectivity index (χ4v) is 3.03. The summed E-state index contributed by atoms with van der Waals surface area (Å²) < 4.78 is 0. The Morgan fingerprint density at radius 3 is 2.27 bits per heavy atom. The molecule has 1 aromatic carbocycles. The lowest BCUT2D eigenvalue weighted by Gasteiger charge is -2.38. The second-order valence-electron chi connectivity index (χ2n) is 5.99. The van der Waals surface area contributed by atoms with E-state index in [1.807, 2.05) is 31.2 Å². The first-order valence-electron chi connectivity index (χ1n) is 7.81. The van der Waals surface area contributed by atoms with Crippen LogP contribution in [0.15, 0.2) is 24.3 Å². The summed E-state index contributed by atoms with van der Waals surface area (Å²) >= 11 is 5.98. The quantitative estimate of drug-likeness (QED) is 0.824. The third-order valence-corrected chi connectivity index (χ3v) is 5.15. The highest BCUT2D eigenvalue weighted by molar-refractivity contribution is 6.30. The minimum absolute atomic E-state index is 0. The smallest absolute Gasteiger partial charge is 0.223 e. The van der Waals surface area contributed by atoms with E-state index in [2.05, 4.69) is 24.5 Å². The number of benzene rings is 1. The van der Waals surface area contributed by atoms with Crippen molar-refractivity contribution in [1.29, 1.82) is 0 Å². The molecule has 22 heavy (non-hydrogen) atoms. The summed E-state index contributed by atoms with van der Waals surface area (Å²) in [7, 11) is 0. The van der Waals surface area contributed by atoms with Crippen LogP contribution < -0.4 is 10.6 Å². The van der Waals surface area contributed by atoms with Crippen molar-refractivity contribution in [3.8, 4) is 0 Å². The van der Waals surface area contributed by atoms with E-state index in [0.29, 0.717) is 5.92 Å². The molecular formula is C17H26Cl2N2O. The molecule has 0 bridgehead atoms. The molecule has 2 N–H and O–H groups in total. The lowest BCUT2D eigenvalue weighted by atomic mass is 9.82. The van der Waals surface area contributed by atoms with Gasteiger partial charge in [-0.25, -0.2) is 0 Å². The molecule has 1 aliphatic rings. The summed E-state index contributed by atoms with van der Waals surface area (Å²) in [4.78, 5) is 12.6. The monoisotopic (exact) mass is 344 g/mol. The third-order valence-electron chi connectivity index (χ3n) is 4.90. The van der Waals surface area contributed by atoms with Gasteiger partial charge in [0.2, 0.25) is 5.91 Å². The number of hydrogen-bond donors (Lipinski definition) is 2. The summed E-state index contributed by atoms with van der Waals surface area (Å²) in [6, 6.07) is 7.82. The fraction of sp³-hybridized carbons (Fsp3) is 0.588. The van der Waals surface area contributed by atoms with E-state index < -0.39 is 0 Å². The van der Waals surface area contributed by atoms with Crippen molar-refractivity contribution in [2.75, 3.05) is 13.1 Å². The van der Waals surface area contributed by atoms with Gasteiger partial charge in [-0.15, -0.1) is 12.4 Å². The van der Waals surface area contributed by atoms with Gasteiger partial charge in [0.15, 0.2) is 0 Å². The maximum absolute atomic E-state index is 12.6. The van der Waals surface area contributed by atoms with Crippen LogP contribution in [0.25, 0.3) is 0 Å². The topological polar surface area (TPSA) is 41.1 Å². The van der Waals surface area contributed by atoms with Gasteiger partial charge in [-0.1, -0.05) is 44.5 Å². The highest BCUT2D eigenvalue weighted by Crippen LogP contribution is 2.31. The van der Waals surface area contributed by atoms with E-state index in [1.54, 1.807) is 0 Å². The Kier molecular flexibility index (Phi) is 7.17. The normalized spacial score (nSPS) is 16.4. The first-order chi connectivity index (χ1) is 10.0. The van der Waals surface area contributed by atoms with Crippen LogP contribution in [-0.2, 0) is 10.3 Å². The highest BCUT2D eigenvalue weighted by Gasteiger charge is 2.35. The predicted octanol–water partition coefficient (Wildman–Crippen LogP) is 3.75. The van der Waals surface area contributed by atoms with Gasteiger partial charge in [-0.2, -0.15) is 0 Å². The average molecular weight is 345 g/mol. The van der Waals surface area contributed by atoms with E-state index >= 15 is 0 Å². The van der Waals surface area contributed by atoms with E-state index in [4.69, 9.17) is 11.6 Å². The van der Waals surface area contributed by atoms with E-state index in [-0.39, 0.29) is 29.8 Å². The standard InChI is InChI=1S/C17H25ClN2O.ClH/c1-4-17(5-2,14-6-8-15(18)9-7-14)20-16(21)12(3)13-10-19-11-13;/h6-9,12-13,19H,4-5,10-11H2,1-3H3,(H,20,21);1H. The van der Waals surface area contributed by atoms with Gasteiger partial charge < -0.3 is 10.6 Å². The van der Waals surface area contributed by atoms with Crippen molar-refractivity contribution in [1.82, 2.24) is 10.6 Å². The molecule has 1 fully saturated rings. The molecule has 1 aromatic rings. The Balaban J connectivity index is 0.00000242. The molecule has 1 unspecified atom stereocenters. The van der Waals surface area contributed by atoms with Crippen LogP contribution in [-0.4, -0.2) is 19.0 Å². The van der Waals surface area contributed by atoms with E-state index in [1.165, 1.54) is 0 Å². The Morgan fingerprint density at radius 2 is 1.86 bits per heavy atom. The molecule has 1 aliphatic heterocycles. The first-order valence-corrected chi connectivity index (χ1v) is 8.19. The summed E-state index contributed by atoms with van der Waals surface area (Å²) in [5.41, 5.74) is 0.830. The summed E-state index contributed by atoms with van der Waals surface area (Å²) in [5, 5.41) is 7.26. The molecule has 3 nitrogen and oxygen atoms in total. The highest BCUT2D eigenvalue weighted by atomic mass is 35.5. The number of rotatable bonds is 6. The SMILES string of the molecule is CCC(CC)(NC(=O)C(C)C1CNC1)c1ccc(Cl)cc1.Cl. The van der Waals surface area contributed by atoms with Crippen molar-refractivity contribution in [3.63, 3.8) is 0 Å². The van der Waals surface area contributed by atoms with Gasteiger partial charge in [0.1, 0.15) is 0 Å². The molecule has 0 aliphatic carbocycles. The number of nitrogens with one attached hydrogen (secondary N) is 2. The van der Waals surface area contributed by atoms with Gasteiger partial charge in [-0.3, -0.25) is 4.79 Å².